The van der Waals surface area contributed by atoms with Gasteiger partial charge >= 0.3 is 0 Å². The molecule has 156 valence electrons. The number of H-pyrrole nitrogens is 1. The van der Waals surface area contributed by atoms with Gasteiger partial charge in [0.2, 0.25) is 5.82 Å². The van der Waals surface area contributed by atoms with Crippen molar-refractivity contribution in [3.63, 3.8) is 0 Å². The zero-order chi connectivity index (χ0) is 19.1. The molecule has 1 aliphatic rings. The van der Waals surface area contributed by atoms with E-state index in [-0.39, 0.29) is 24.0 Å². The smallest absolute Gasteiger partial charge is 0.216 e. The second-order valence-electron chi connectivity index (χ2n) is 6.84. The zero-order valence-electron chi connectivity index (χ0n) is 17.0. The largest absolute Gasteiger partial charge is 0.461 e. The molecule has 1 unspecified atom stereocenters. The maximum Gasteiger partial charge on any atom is 0.216 e. The van der Waals surface area contributed by atoms with Crippen LogP contribution in [0.3, 0.4) is 0 Å². The Morgan fingerprint density at radius 1 is 1.39 bits per heavy atom. The molecule has 9 heteroatoms. The van der Waals surface area contributed by atoms with E-state index in [1.807, 2.05) is 12.1 Å². The van der Waals surface area contributed by atoms with Crippen molar-refractivity contribution < 1.29 is 4.42 Å². The summed E-state index contributed by atoms with van der Waals surface area (Å²) in [5, 5.41) is 10.6. The molecule has 0 aromatic carbocycles. The van der Waals surface area contributed by atoms with Crippen molar-refractivity contribution in [1.29, 1.82) is 0 Å². The quantitative estimate of drug-likeness (QED) is 0.329. The van der Waals surface area contributed by atoms with E-state index in [1.165, 1.54) is 6.42 Å². The maximum atomic E-state index is 5.33. The molecule has 0 bridgehead atoms. The normalized spacial score (nSPS) is 17.2. The maximum absolute atomic E-state index is 5.33. The molecular weight excluding hydrogens is 469 g/mol. The molecule has 0 spiro atoms. The van der Waals surface area contributed by atoms with Crippen molar-refractivity contribution >= 4 is 29.9 Å². The summed E-state index contributed by atoms with van der Waals surface area (Å²) in [5.74, 6) is 3.61. The number of nitrogens with one attached hydrogen (secondary N) is 2. The topological polar surface area (TPSA) is 85.6 Å². The minimum absolute atomic E-state index is 0. The number of furan rings is 1. The highest BCUT2D eigenvalue weighted by Crippen LogP contribution is 2.18. The first-order chi connectivity index (χ1) is 13.2. The average Bonchev–Trinajstić information content (AvgIpc) is 3.44. The second kappa shape index (κ2) is 11.4. The van der Waals surface area contributed by atoms with E-state index < -0.39 is 0 Å². The Morgan fingerprint density at radius 3 is 2.89 bits per heavy atom. The third-order valence-corrected chi connectivity index (χ3v) is 4.98. The Balaban J connectivity index is 0.00000280. The van der Waals surface area contributed by atoms with Gasteiger partial charge in [0.05, 0.1) is 6.26 Å². The number of likely N-dealkylation sites (tertiary alicyclic amines) is 1. The number of guanidine groups is 1. The van der Waals surface area contributed by atoms with Crippen molar-refractivity contribution in [2.75, 3.05) is 39.3 Å². The lowest BCUT2D eigenvalue weighted by Gasteiger charge is -2.24. The molecule has 1 atom stereocenters. The first-order valence-corrected chi connectivity index (χ1v) is 9.94. The molecule has 0 aliphatic carbocycles. The monoisotopic (exact) mass is 501 g/mol. The third kappa shape index (κ3) is 5.94. The van der Waals surface area contributed by atoms with Crippen LogP contribution in [-0.4, -0.2) is 70.2 Å². The Kier molecular flexibility index (Phi) is 9.23. The summed E-state index contributed by atoms with van der Waals surface area (Å²) >= 11 is 0. The van der Waals surface area contributed by atoms with Crippen LogP contribution >= 0.6 is 24.0 Å². The number of aliphatic imine (C=N–C) groups is 1. The fourth-order valence-electron chi connectivity index (χ4n) is 3.48. The molecular formula is C19H32IN7O. The summed E-state index contributed by atoms with van der Waals surface area (Å²) in [6, 6.07) is 3.68. The van der Waals surface area contributed by atoms with Crippen LogP contribution in [0, 0.1) is 5.92 Å². The van der Waals surface area contributed by atoms with Crippen molar-refractivity contribution in [3.05, 3.63) is 24.2 Å². The van der Waals surface area contributed by atoms with Crippen LogP contribution in [0.2, 0.25) is 0 Å². The SMILES string of the molecule is CCNC(=NCc1nc(-c2ccco2)n[nH]1)N1CCC(CN(CC)CC)C1.I. The lowest BCUT2D eigenvalue weighted by atomic mass is 10.1. The zero-order valence-corrected chi connectivity index (χ0v) is 19.3. The van der Waals surface area contributed by atoms with E-state index in [0.29, 0.717) is 24.0 Å². The molecule has 3 heterocycles. The molecule has 0 amide bonds. The van der Waals surface area contributed by atoms with E-state index in [4.69, 9.17) is 9.41 Å². The highest BCUT2D eigenvalue weighted by molar-refractivity contribution is 14.0. The number of rotatable bonds is 8. The minimum atomic E-state index is 0. The van der Waals surface area contributed by atoms with Crippen LogP contribution in [0.25, 0.3) is 11.6 Å². The fourth-order valence-corrected chi connectivity index (χ4v) is 3.48. The average molecular weight is 501 g/mol. The summed E-state index contributed by atoms with van der Waals surface area (Å²) < 4.78 is 5.33. The molecule has 1 aliphatic heterocycles. The van der Waals surface area contributed by atoms with Gasteiger partial charge in [-0.1, -0.05) is 13.8 Å². The van der Waals surface area contributed by atoms with Crippen molar-refractivity contribution in [1.82, 2.24) is 30.3 Å². The first-order valence-electron chi connectivity index (χ1n) is 9.94. The molecule has 1 saturated heterocycles. The van der Waals surface area contributed by atoms with Gasteiger partial charge in [-0.2, -0.15) is 0 Å². The van der Waals surface area contributed by atoms with E-state index >= 15 is 0 Å². The standard InChI is InChI=1S/C19H31N7O.HI/c1-4-20-19(26-10-9-15(14-26)13-25(5-2)6-3)21-12-17-22-18(24-23-17)16-8-7-11-27-16;/h7-8,11,15H,4-6,9-10,12-14H2,1-3H3,(H,20,21)(H,22,23,24);1H. The molecule has 2 aromatic heterocycles. The Morgan fingerprint density at radius 2 is 2.21 bits per heavy atom. The van der Waals surface area contributed by atoms with Gasteiger partial charge in [0, 0.05) is 26.2 Å². The van der Waals surface area contributed by atoms with E-state index in [2.05, 4.69) is 51.1 Å². The van der Waals surface area contributed by atoms with Gasteiger partial charge in [0.15, 0.2) is 11.7 Å². The van der Waals surface area contributed by atoms with Crippen molar-refractivity contribution in [3.8, 4) is 11.6 Å². The number of halogens is 1. The lowest BCUT2D eigenvalue weighted by molar-refractivity contribution is 0.255. The molecule has 2 aromatic rings. The van der Waals surface area contributed by atoms with Crippen LogP contribution in [0.1, 0.15) is 33.0 Å². The highest BCUT2D eigenvalue weighted by Gasteiger charge is 2.26. The van der Waals surface area contributed by atoms with Gasteiger partial charge in [-0.05, 0) is 44.5 Å². The fraction of sp³-hybridized carbons (Fsp3) is 0.632. The van der Waals surface area contributed by atoms with Crippen LogP contribution in [-0.2, 0) is 6.54 Å². The van der Waals surface area contributed by atoms with Crippen molar-refractivity contribution in [2.45, 2.75) is 33.7 Å². The van der Waals surface area contributed by atoms with Gasteiger partial charge in [0.25, 0.3) is 0 Å². The van der Waals surface area contributed by atoms with E-state index in [0.717, 1.165) is 51.1 Å². The van der Waals surface area contributed by atoms with Crippen LogP contribution in [0.15, 0.2) is 27.8 Å². The van der Waals surface area contributed by atoms with Crippen LogP contribution in [0.5, 0.6) is 0 Å². The molecule has 3 rings (SSSR count). The molecule has 0 saturated carbocycles. The number of hydrogen-bond acceptors (Lipinski definition) is 5. The van der Waals surface area contributed by atoms with Gasteiger partial charge in [-0.3, -0.25) is 5.10 Å². The summed E-state index contributed by atoms with van der Waals surface area (Å²) in [6.45, 7) is 13.4. The van der Waals surface area contributed by atoms with Crippen molar-refractivity contribution in [2.24, 2.45) is 10.9 Å². The Hall–Kier alpha value is -1.62. The molecule has 28 heavy (non-hydrogen) atoms. The summed E-state index contributed by atoms with van der Waals surface area (Å²) in [7, 11) is 0. The summed E-state index contributed by atoms with van der Waals surface area (Å²) in [4.78, 5) is 14.1. The van der Waals surface area contributed by atoms with Crippen LogP contribution < -0.4 is 5.32 Å². The number of aromatic nitrogens is 3. The van der Waals surface area contributed by atoms with Crippen LogP contribution in [0.4, 0.5) is 0 Å². The molecule has 8 nitrogen and oxygen atoms in total. The van der Waals surface area contributed by atoms with Gasteiger partial charge in [-0.15, -0.1) is 29.1 Å². The predicted octanol–water partition coefficient (Wildman–Crippen LogP) is 2.81. The van der Waals surface area contributed by atoms with E-state index in [1.54, 1.807) is 6.26 Å². The molecule has 0 radical (unpaired) electrons. The summed E-state index contributed by atoms with van der Waals surface area (Å²) in [6.07, 6.45) is 2.83. The number of hydrogen-bond donors (Lipinski definition) is 2. The third-order valence-electron chi connectivity index (χ3n) is 4.98. The predicted molar refractivity (Wildman–Crippen MR) is 122 cm³/mol. The highest BCUT2D eigenvalue weighted by atomic mass is 127. The lowest BCUT2D eigenvalue weighted by Crippen LogP contribution is -2.40. The summed E-state index contributed by atoms with van der Waals surface area (Å²) in [5.41, 5.74) is 0. The van der Waals surface area contributed by atoms with E-state index in [9.17, 15) is 0 Å². The molecule has 2 N–H and O–H groups in total. The number of nitrogens with zero attached hydrogens (tertiary/aromatic N) is 5. The number of aromatic amines is 1. The van der Waals surface area contributed by atoms with Gasteiger partial charge in [-0.25, -0.2) is 9.98 Å². The first kappa shape index (κ1) is 22.7. The Bertz CT molecular complexity index is 712. The molecule has 1 fully saturated rings. The Labute approximate surface area is 184 Å². The van der Waals surface area contributed by atoms with Gasteiger partial charge < -0.3 is 19.5 Å². The second-order valence-corrected chi connectivity index (χ2v) is 6.84. The van der Waals surface area contributed by atoms with Gasteiger partial charge in [0.1, 0.15) is 12.4 Å². The minimum Gasteiger partial charge on any atom is -0.461 e.